The summed E-state index contributed by atoms with van der Waals surface area (Å²) in [6, 6.07) is 6.38. The molecule has 0 radical (unpaired) electrons. The maximum atomic E-state index is 12.2. The van der Waals surface area contributed by atoms with E-state index in [1.807, 2.05) is 24.3 Å². The van der Waals surface area contributed by atoms with Crippen molar-refractivity contribution < 1.29 is 19.8 Å². The van der Waals surface area contributed by atoms with Crippen molar-refractivity contribution in [1.29, 1.82) is 0 Å². The summed E-state index contributed by atoms with van der Waals surface area (Å²) in [6.45, 7) is 0.0836. The quantitative estimate of drug-likeness (QED) is 0.869. The summed E-state index contributed by atoms with van der Waals surface area (Å²) in [5, 5.41) is 18.6. The summed E-state index contributed by atoms with van der Waals surface area (Å²) in [4.78, 5) is 24.5. The average Bonchev–Trinajstić information content (AvgIpc) is 2.74. The molecule has 0 bridgehead atoms. The van der Waals surface area contributed by atoms with Gasteiger partial charge in [0.15, 0.2) is 0 Å². The number of nitrogens with zero attached hydrogens (tertiary/aromatic N) is 1. The van der Waals surface area contributed by atoms with Crippen molar-refractivity contribution in [3.8, 4) is 0 Å². The molecule has 5 nitrogen and oxygen atoms in total. The zero-order valence-electron chi connectivity index (χ0n) is 10.1. The molecule has 1 heterocycles. The molecule has 6 heteroatoms. The van der Waals surface area contributed by atoms with Crippen LogP contribution in [0.4, 0.5) is 0 Å². The minimum absolute atomic E-state index is 0.0836. The first-order chi connectivity index (χ1) is 8.99. The molecule has 0 saturated carbocycles. The Morgan fingerprint density at radius 1 is 1.37 bits per heavy atom. The third-order valence-electron chi connectivity index (χ3n) is 3.18. The van der Waals surface area contributed by atoms with E-state index in [4.69, 9.17) is 5.11 Å². The molecular formula is C13H14BrNO4. The molecule has 0 aromatic heterocycles. The van der Waals surface area contributed by atoms with Crippen LogP contribution in [0.15, 0.2) is 28.7 Å². The highest BCUT2D eigenvalue weighted by Crippen LogP contribution is 2.22. The summed E-state index contributed by atoms with van der Waals surface area (Å²) < 4.78 is 0.815. The largest absolute Gasteiger partial charge is 0.480 e. The number of likely N-dealkylation sites (tertiary alicyclic amines) is 1. The number of aliphatic hydroxyl groups excluding tert-OH is 1. The third kappa shape index (κ3) is 3.13. The lowest BCUT2D eigenvalue weighted by Crippen LogP contribution is -2.41. The molecule has 19 heavy (non-hydrogen) atoms. The van der Waals surface area contributed by atoms with E-state index in [2.05, 4.69) is 15.9 Å². The first kappa shape index (κ1) is 14.0. The van der Waals surface area contributed by atoms with Crippen LogP contribution in [0, 0.1) is 0 Å². The Balaban J connectivity index is 2.11. The van der Waals surface area contributed by atoms with Gasteiger partial charge in [0.25, 0.3) is 0 Å². The van der Waals surface area contributed by atoms with Crippen LogP contribution in [0.3, 0.4) is 0 Å². The molecule has 1 saturated heterocycles. The minimum Gasteiger partial charge on any atom is -0.480 e. The van der Waals surface area contributed by atoms with Crippen LogP contribution in [0.25, 0.3) is 0 Å². The van der Waals surface area contributed by atoms with Crippen molar-refractivity contribution in [2.45, 2.75) is 25.0 Å². The van der Waals surface area contributed by atoms with E-state index in [-0.39, 0.29) is 25.3 Å². The van der Waals surface area contributed by atoms with Gasteiger partial charge in [-0.05, 0) is 11.6 Å². The Kier molecular flexibility index (Phi) is 4.21. The highest BCUT2D eigenvalue weighted by atomic mass is 79.9. The number of benzene rings is 1. The normalized spacial score (nSPS) is 22.5. The highest BCUT2D eigenvalue weighted by Gasteiger charge is 2.38. The second-order valence-corrected chi connectivity index (χ2v) is 5.41. The number of halogens is 1. The predicted octanol–water partition coefficient (Wildman–Crippen LogP) is 1.04. The number of carbonyl (C=O) groups excluding carboxylic acids is 1. The standard InChI is InChI=1S/C13H14BrNO4/c14-10-4-2-1-3-8(10)5-12(17)15-7-9(16)6-11(15)13(18)19/h1-4,9,11,16H,5-7H2,(H,18,19). The lowest BCUT2D eigenvalue weighted by Gasteiger charge is -2.21. The van der Waals surface area contributed by atoms with Gasteiger partial charge in [0.05, 0.1) is 12.5 Å². The molecule has 1 aliphatic rings. The second-order valence-electron chi connectivity index (χ2n) is 4.56. The van der Waals surface area contributed by atoms with Crippen molar-refractivity contribution in [2.24, 2.45) is 0 Å². The fourth-order valence-corrected chi connectivity index (χ4v) is 2.65. The fourth-order valence-electron chi connectivity index (χ4n) is 2.23. The Hall–Kier alpha value is -1.40. The van der Waals surface area contributed by atoms with E-state index in [1.54, 1.807) is 0 Å². The zero-order chi connectivity index (χ0) is 14.0. The number of hydrogen-bond acceptors (Lipinski definition) is 3. The van der Waals surface area contributed by atoms with Gasteiger partial charge < -0.3 is 15.1 Å². The number of hydrogen-bond donors (Lipinski definition) is 2. The Morgan fingerprint density at radius 3 is 2.68 bits per heavy atom. The molecule has 1 aliphatic heterocycles. The smallest absolute Gasteiger partial charge is 0.326 e. The molecule has 2 atom stereocenters. The maximum absolute atomic E-state index is 12.2. The molecule has 1 amide bonds. The third-order valence-corrected chi connectivity index (χ3v) is 3.96. The molecule has 0 aliphatic carbocycles. The number of carboxylic acid groups (broad SMARTS) is 1. The summed E-state index contributed by atoms with van der Waals surface area (Å²) in [5.41, 5.74) is 0.804. The molecule has 102 valence electrons. The SMILES string of the molecule is O=C(O)C1CC(O)CN1C(=O)Cc1ccccc1Br. The molecule has 1 aromatic rings. The van der Waals surface area contributed by atoms with E-state index >= 15 is 0 Å². The van der Waals surface area contributed by atoms with Crippen molar-refractivity contribution in [2.75, 3.05) is 6.54 Å². The first-order valence-corrected chi connectivity index (χ1v) is 6.72. The average molecular weight is 328 g/mol. The number of aliphatic hydroxyl groups is 1. The van der Waals surface area contributed by atoms with Gasteiger partial charge in [0.2, 0.25) is 5.91 Å². The molecule has 0 spiro atoms. The monoisotopic (exact) mass is 327 g/mol. The van der Waals surface area contributed by atoms with Gasteiger partial charge in [-0.3, -0.25) is 4.79 Å². The molecule has 1 fully saturated rings. The lowest BCUT2D eigenvalue weighted by molar-refractivity contribution is -0.148. The summed E-state index contributed by atoms with van der Waals surface area (Å²) in [7, 11) is 0. The molecular weight excluding hydrogens is 314 g/mol. The minimum atomic E-state index is -1.07. The van der Waals surface area contributed by atoms with E-state index in [0.29, 0.717) is 0 Å². The molecule has 2 N–H and O–H groups in total. The summed E-state index contributed by atoms with van der Waals surface area (Å²) >= 11 is 3.35. The number of aliphatic carboxylic acids is 1. The number of carboxylic acids is 1. The van der Waals surface area contributed by atoms with E-state index in [1.165, 1.54) is 4.90 Å². The highest BCUT2D eigenvalue weighted by molar-refractivity contribution is 9.10. The van der Waals surface area contributed by atoms with Gasteiger partial charge in [-0.15, -0.1) is 0 Å². The first-order valence-electron chi connectivity index (χ1n) is 5.92. The number of amides is 1. The Labute approximate surface area is 119 Å². The van der Waals surface area contributed by atoms with Crippen molar-refractivity contribution in [3.05, 3.63) is 34.3 Å². The fraction of sp³-hybridized carbons (Fsp3) is 0.385. The van der Waals surface area contributed by atoms with Crippen LogP contribution in [-0.2, 0) is 16.0 Å². The van der Waals surface area contributed by atoms with Gasteiger partial charge in [0, 0.05) is 17.4 Å². The van der Waals surface area contributed by atoms with Gasteiger partial charge in [-0.25, -0.2) is 4.79 Å². The van der Waals surface area contributed by atoms with Crippen LogP contribution >= 0.6 is 15.9 Å². The van der Waals surface area contributed by atoms with Gasteiger partial charge in [0.1, 0.15) is 6.04 Å². The van der Waals surface area contributed by atoms with Crippen LogP contribution in [0.5, 0.6) is 0 Å². The van der Waals surface area contributed by atoms with Crippen molar-refractivity contribution in [3.63, 3.8) is 0 Å². The zero-order valence-corrected chi connectivity index (χ0v) is 11.7. The maximum Gasteiger partial charge on any atom is 0.326 e. The topological polar surface area (TPSA) is 77.8 Å². The summed E-state index contributed by atoms with van der Waals surface area (Å²) in [6.07, 6.45) is -0.543. The number of carbonyl (C=O) groups is 2. The molecule has 1 aromatic carbocycles. The molecule has 2 unspecified atom stereocenters. The second kappa shape index (κ2) is 5.71. The van der Waals surface area contributed by atoms with Gasteiger partial charge >= 0.3 is 5.97 Å². The van der Waals surface area contributed by atoms with Gasteiger partial charge in [-0.1, -0.05) is 34.1 Å². The van der Waals surface area contributed by atoms with Crippen molar-refractivity contribution >= 4 is 27.8 Å². The van der Waals surface area contributed by atoms with E-state index in [9.17, 15) is 14.7 Å². The van der Waals surface area contributed by atoms with Gasteiger partial charge in [-0.2, -0.15) is 0 Å². The number of rotatable bonds is 3. The Bertz CT molecular complexity index is 505. The number of β-amino-alcohol motifs (C(OH)–C–C–N with tert-alkyl or cyclic N) is 1. The van der Waals surface area contributed by atoms with E-state index < -0.39 is 18.1 Å². The van der Waals surface area contributed by atoms with Crippen LogP contribution in [-0.4, -0.2) is 45.7 Å². The predicted molar refractivity (Wildman–Crippen MR) is 71.6 cm³/mol. The summed E-state index contributed by atoms with van der Waals surface area (Å²) in [5.74, 6) is -1.35. The molecule has 2 rings (SSSR count). The van der Waals surface area contributed by atoms with Crippen LogP contribution < -0.4 is 0 Å². The van der Waals surface area contributed by atoms with Crippen molar-refractivity contribution in [1.82, 2.24) is 4.90 Å². The van der Waals surface area contributed by atoms with Crippen LogP contribution in [0.2, 0.25) is 0 Å². The Morgan fingerprint density at radius 2 is 2.05 bits per heavy atom. The van der Waals surface area contributed by atoms with E-state index in [0.717, 1.165) is 10.0 Å². The van der Waals surface area contributed by atoms with Crippen LogP contribution in [0.1, 0.15) is 12.0 Å². The lowest BCUT2D eigenvalue weighted by atomic mass is 10.1.